The highest BCUT2D eigenvalue weighted by molar-refractivity contribution is 5.86. The minimum atomic E-state index is -0.181. The first kappa shape index (κ1) is 15.8. The lowest BCUT2D eigenvalue weighted by molar-refractivity contribution is -0.127. The van der Waals surface area contributed by atoms with Crippen LogP contribution in [-0.2, 0) is 16.0 Å². The second-order valence-corrected chi connectivity index (χ2v) is 6.87. The van der Waals surface area contributed by atoms with E-state index >= 15 is 0 Å². The number of ether oxygens (including phenoxy) is 1. The molecular weight excluding hydrogens is 292 g/mol. The molecule has 5 nitrogen and oxygen atoms in total. The Hall–Kier alpha value is -2.04. The van der Waals surface area contributed by atoms with Crippen LogP contribution >= 0.6 is 0 Å². The summed E-state index contributed by atoms with van der Waals surface area (Å²) in [7, 11) is 1.65. The summed E-state index contributed by atoms with van der Waals surface area (Å²) in [5, 5.41) is 3.04. The SMILES string of the molecule is COc1ccc(CCN2CC(NC(=O)C3(C)CC3)CC2=O)cc1. The third-order valence-electron chi connectivity index (χ3n) is 4.93. The first-order valence-electron chi connectivity index (χ1n) is 8.22. The number of likely N-dealkylation sites (tertiary alicyclic amines) is 1. The molecule has 0 bridgehead atoms. The van der Waals surface area contributed by atoms with Gasteiger partial charge in [-0.25, -0.2) is 0 Å². The molecule has 0 aromatic heterocycles. The number of amides is 2. The van der Waals surface area contributed by atoms with Crippen LogP contribution in [0, 0.1) is 5.41 Å². The number of methoxy groups -OCH3 is 1. The van der Waals surface area contributed by atoms with Gasteiger partial charge in [-0.1, -0.05) is 19.1 Å². The van der Waals surface area contributed by atoms with Gasteiger partial charge in [0.2, 0.25) is 11.8 Å². The molecule has 1 N–H and O–H groups in total. The molecule has 1 atom stereocenters. The molecule has 1 aliphatic carbocycles. The summed E-state index contributed by atoms with van der Waals surface area (Å²) in [5.74, 6) is 1.07. The summed E-state index contributed by atoms with van der Waals surface area (Å²) in [6, 6.07) is 7.86. The lowest BCUT2D eigenvalue weighted by Gasteiger charge is -2.18. The predicted molar refractivity (Wildman–Crippen MR) is 87.2 cm³/mol. The molecule has 0 spiro atoms. The van der Waals surface area contributed by atoms with Crippen molar-refractivity contribution in [3.63, 3.8) is 0 Å². The number of benzene rings is 1. The number of hydrogen-bond acceptors (Lipinski definition) is 3. The van der Waals surface area contributed by atoms with Crippen molar-refractivity contribution in [3.05, 3.63) is 29.8 Å². The Kier molecular flexibility index (Phi) is 4.28. The van der Waals surface area contributed by atoms with Gasteiger partial charge in [-0.05, 0) is 37.0 Å². The van der Waals surface area contributed by atoms with Gasteiger partial charge >= 0.3 is 0 Å². The fourth-order valence-electron chi connectivity index (χ4n) is 2.92. The fraction of sp³-hybridized carbons (Fsp3) is 0.556. The van der Waals surface area contributed by atoms with Gasteiger partial charge in [-0.2, -0.15) is 0 Å². The minimum Gasteiger partial charge on any atom is -0.497 e. The summed E-state index contributed by atoms with van der Waals surface area (Å²) in [4.78, 5) is 26.0. The van der Waals surface area contributed by atoms with E-state index in [0.29, 0.717) is 19.5 Å². The van der Waals surface area contributed by atoms with Crippen molar-refractivity contribution in [3.8, 4) is 5.75 Å². The van der Waals surface area contributed by atoms with E-state index in [4.69, 9.17) is 4.74 Å². The van der Waals surface area contributed by atoms with Crippen LogP contribution < -0.4 is 10.1 Å². The second kappa shape index (κ2) is 6.22. The third kappa shape index (κ3) is 3.66. The Bertz CT molecular complexity index is 593. The highest BCUT2D eigenvalue weighted by atomic mass is 16.5. The number of nitrogens with zero attached hydrogens (tertiary/aromatic N) is 1. The van der Waals surface area contributed by atoms with Gasteiger partial charge in [0.05, 0.1) is 13.2 Å². The number of rotatable bonds is 6. The van der Waals surface area contributed by atoms with Crippen molar-refractivity contribution in [1.29, 1.82) is 0 Å². The summed E-state index contributed by atoms with van der Waals surface area (Å²) in [5.41, 5.74) is 0.996. The van der Waals surface area contributed by atoms with E-state index in [-0.39, 0.29) is 23.3 Å². The standard InChI is InChI=1S/C18H24N2O3/c1-18(8-9-18)17(22)19-14-11-16(21)20(12-14)10-7-13-3-5-15(23-2)6-4-13/h3-6,14H,7-12H2,1-2H3,(H,19,22). The average molecular weight is 316 g/mol. The summed E-state index contributed by atoms with van der Waals surface area (Å²) < 4.78 is 5.14. The van der Waals surface area contributed by atoms with E-state index in [1.165, 1.54) is 5.56 Å². The van der Waals surface area contributed by atoms with Crippen molar-refractivity contribution in [2.75, 3.05) is 20.2 Å². The van der Waals surface area contributed by atoms with Crippen LogP contribution in [0.25, 0.3) is 0 Å². The lowest BCUT2D eigenvalue weighted by atomic mass is 10.1. The molecule has 1 aromatic rings. The minimum absolute atomic E-state index is 0.0386. The first-order valence-corrected chi connectivity index (χ1v) is 8.22. The number of carbonyl (C=O) groups is 2. The van der Waals surface area contributed by atoms with Crippen LogP contribution in [-0.4, -0.2) is 43.0 Å². The summed E-state index contributed by atoms with van der Waals surface area (Å²) in [6.07, 6.45) is 3.15. The smallest absolute Gasteiger partial charge is 0.226 e. The van der Waals surface area contributed by atoms with E-state index in [2.05, 4.69) is 5.32 Å². The highest BCUT2D eigenvalue weighted by Crippen LogP contribution is 2.45. The zero-order valence-corrected chi connectivity index (χ0v) is 13.8. The van der Waals surface area contributed by atoms with Crippen molar-refractivity contribution in [2.24, 2.45) is 5.41 Å². The number of hydrogen-bond donors (Lipinski definition) is 1. The monoisotopic (exact) mass is 316 g/mol. The molecule has 1 unspecified atom stereocenters. The average Bonchev–Trinajstić information content (AvgIpc) is 3.21. The van der Waals surface area contributed by atoms with Gasteiger partial charge < -0.3 is 15.0 Å². The fourth-order valence-corrected chi connectivity index (χ4v) is 2.92. The third-order valence-corrected chi connectivity index (χ3v) is 4.93. The maximum atomic E-state index is 12.1. The van der Waals surface area contributed by atoms with Crippen molar-refractivity contribution < 1.29 is 14.3 Å². The van der Waals surface area contributed by atoms with E-state index in [0.717, 1.165) is 25.0 Å². The molecule has 2 amide bonds. The molecular formula is C18H24N2O3. The summed E-state index contributed by atoms with van der Waals surface area (Å²) in [6.45, 7) is 3.30. The van der Waals surface area contributed by atoms with Gasteiger partial charge in [0.25, 0.3) is 0 Å². The Morgan fingerprint density at radius 3 is 2.65 bits per heavy atom. The van der Waals surface area contributed by atoms with Crippen LogP contribution in [0.2, 0.25) is 0 Å². The molecule has 23 heavy (non-hydrogen) atoms. The molecule has 124 valence electrons. The molecule has 1 aliphatic heterocycles. The van der Waals surface area contributed by atoms with E-state index in [1.807, 2.05) is 36.1 Å². The largest absolute Gasteiger partial charge is 0.497 e. The Balaban J connectivity index is 1.48. The van der Waals surface area contributed by atoms with Crippen molar-refractivity contribution in [1.82, 2.24) is 10.2 Å². The van der Waals surface area contributed by atoms with Gasteiger partial charge in [-0.15, -0.1) is 0 Å². The van der Waals surface area contributed by atoms with Gasteiger partial charge in [0.1, 0.15) is 5.75 Å². The quantitative estimate of drug-likeness (QED) is 0.870. The van der Waals surface area contributed by atoms with Gasteiger partial charge in [-0.3, -0.25) is 9.59 Å². The Labute approximate surface area is 137 Å². The van der Waals surface area contributed by atoms with Crippen molar-refractivity contribution >= 4 is 11.8 Å². The van der Waals surface area contributed by atoms with Crippen LogP contribution in [0.1, 0.15) is 31.7 Å². The second-order valence-electron chi connectivity index (χ2n) is 6.87. The van der Waals surface area contributed by atoms with E-state index < -0.39 is 0 Å². The predicted octanol–water partition coefficient (Wildman–Crippen LogP) is 1.75. The maximum Gasteiger partial charge on any atom is 0.226 e. The van der Waals surface area contributed by atoms with Gasteiger partial charge in [0.15, 0.2) is 0 Å². The molecule has 1 saturated carbocycles. The Morgan fingerprint density at radius 2 is 2.04 bits per heavy atom. The van der Waals surface area contributed by atoms with E-state index in [9.17, 15) is 9.59 Å². The lowest BCUT2D eigenvalue weighted by Crippen LogP contribution is -2.40. The van der Waals surface area contributed by atoms with Crippen LogP contribution in [0.5, 0.6) is 5.75 Å². The van der Waals surface area contributed by atoms with Crippen molar-refractivity contribution in [2.45, 2.75) is 38.6 Å². The maximum absolute atomic E-state index is 12.1. The number of nitrogens with one attached hydrogen (secondary N) is 1. The highest BCUT2D eigenvalue weighted by Gasteiger charge is 2.46. The Morgan fingerprint density at radius 1 is 1.35 bits per heavy atom. The molecule has 2 aliphatic rings. The molecule has 3 rings (SSSR count). The van der Waals surface area contributed by atoms with Crippen LogP contribution in [0.4, 0.5) is 0 Å². The van der Waals surface area contributed by atoms with Crippen LogP contribution in [0.15, 0.2) is 24.3 Å². The normalized spacial score (nSPS) is 22.1. The zero-order valence-electron chi connectivity index (χ0n) is 13.8. The summed E-state index contributed by atoms with van der Waals surface area (Å²) >= 11 is 0. The zero-order chi connectivity index (χ0) is 16.4. The molecule has 1 heterocycles. The van der Waals surface area contributed by atoms with Crippen LogP contribution in [0.3, 0.4) is 0 Å². The molecule has 2 fully saturated rings. The molecule has 1 saturated heterocycles. The van der Waals surface area contributed by atoms with E-state index in [1.54, 1.807) is 7.11 Å². The molecule has 1 aromatic carbocycles. The molecule has 0 radical (unpaired) electrons. The molecule has 5 heteroatoms. The first-order chi connectivity index (χ1) is 11.0. The number of carbonyl (C=O) groups excluding carboxylic acids is 2. The topological polar surface area (TPSA) is 58.6 Å². The van der Waals surface area contributed by atoms with Gasteiger partial charge in [0, 0.05) is 24.9 Å².